The van der Waals surface area contributed by atoms with Gasteiger partial charge in [0.05, 0.1) is 33.0 Å². The van der Waals surface area contributed by atoms with Gasteiger partial charge in [-0.15, -0.1) is 0 Å². The van der Waals surface area contributed by atoms with Crippen LogP contribution in [0.5, 0.6) is 0 Å². The molecule has 14 nitrogen and oxygen atoms in total. The Labute approximate surface area is 437 Å². The first kappa shape index (κ1) is 65.5. The van der Waals surface area contributed by atoms with E-state index >= 15 is 0 Å². The average Bonchev–Trinajstić information content (AvgIpc) is 3.39. The largest absolute Gasteiger partial charge is 0.457 e. The number of aliphatic hydroxyl groups is 7. The van der Waals surface area contributed by atoms with Crippen LogP contribution in [0.3, 0.4) is 0 Å². The van der Waals surface area contributed by atoms with Gasteiger partial charge in [-0.1, -0.05) is 167 Å². The van der Waals surface area contributed by atoms with Crippen molar-refractivity contribution in [1.29, 1.82) is 0 Å². The summed E-state index contributed by atoms with van der Waals surface area (Å²) in [5, 5.41) is 72.2. The van der Waals surface area contributed by atoms with Crippen LogP contribution in [0.1, 0.15) is 142 Å². The molecular formula is C59H94O14. The van der Waals surface area contributed by atoms with E-state index in [1.54, 1.807) is 0 Å². The van der Waals surface area contributed by atoms with Gasteiger partial charge in [0.1, 0.15) is 54.9 Å². The maximum atomic E-state index is 13.0. The quantitative estimate of drug-likeness (QED) is 0.0173. The second-order valence-electron chi connectivity index (χ2n) is 18.3. The van der Waals surface area contributed by atoms with Crippen LogP contribution in [0.25, 0.3) is 0 Å². The minimum absolute atomic E-state index is 0.00624. The predicted octanol–water partition coefficient (Wildman–Crippen LogP) is 8.96. The number of hydrogen-bond acceptors (Lipinski definition) is 14. The molecule has 0 aliphatic carbocycles. The van der Waals surface area contributed by atoms with E-state index in [1.165, 1.54) is 6.42 Å². The van der Waals surface area contributed by atoms with Crippen molar-refractivity contribution in [2.45, 2.75) is 210 Å². The number of hydrogen-bond donors (Lipinski definition) is 7. The highest BCUT2D eigenvalue weighted by atomic mass is 16.7. The molecule has 0 radical (unpaired) electrons. The summed E-state index contributed by atoms with van der Waals surface area (Å²) in [6, 6.07) is 0. The summed E-state index contributed by atoms with van der Waals surface area (Å²) in [6.45, 7) is 3.18. The molecule has 0 bridgehead atoms. The highest BCUT2D eigenvalue weighted by molar-refractivity contribution is 5.69. The van der Waals surface area contributed by atoms with Crippen LogP contribution >= 0.6 is 0 Å². The van der Waals surface area contributed by atoms with Gasteiger partial charge in [0.2, 0.25) is 0 Å². The van der Waals surface area contributed by atoms with Crippen molar-refractivity contribution in [3.05, 3.63) is 122 Å². The maximum Gasteiger partial charge on any atom is 0.306 e. The van der Waals surface area contributed by atoms with E-state index in [4.69, 9.17) is 28.4 Å². The van der Waals surface area contributed by atoms with E-state index in [0.29, 0.717) is 19.4 Å². The lowest BCUT2D eigenvalue weighted by atomic mass is 9.98. The van der Waals surface area contributed by atoms with Crippen molar-refractivity contribution in [3.8, 4) is 0 Å². The smallest absolute Gasteiger partial charge is 0.306 e. The Morgan fingerprint density at radius 1 is 0.452 bits per heavy atom. The molecule has 11 atom stereocenters. The Balaban J connectivity index is 1.77. The van der Waals surface area contributed by atoms with Crippen LogP contribution in [0, 0.1) is 0 Å². The number of ether oxygens (including phenoxy) is 6. The van der Waals surface area contributed by atoms with Gasteiger partial charge in [0.25, 0.3) is 0 Å². The van der Waals surface area contributed by atoms with Gasteiger partial charge in [-0.05, 0) is 89.9 Å². The highest BCUT2D eigenvalue weighted by Gasteiger charge is 2.47. The van der Waals surface area contributed by atoms with Gasteiger partial charge in [-0.3, -0.25) is 4.79 Å². The fourth-order valence-corrected chi connectivity index (χ4v) is 7.67. The SMILES string of the molecule is CC/C=C\C/C=C\C/C=C\C/C=C\C/C=C\CCCCCCCCCC(=O)OC(COCC/C=C\C/C=C\C/C=C\C/C=C\C/C=C\CC)COC1OC(COC2OC(CO)C(O)C(O)C2O)C(O)C(O)C1O. The van der Waals surface area contributed by atoms with Gasteiger partial charge in [-0.2, -0.15) is 0 Å². The molecule has 2 aliphatic rings. The lowest BCUT2D eigenvalue weighted by Crippen LogP contribution is -2.61. The van der Waals surface area contributed by atoms with Crippen molar-refractivity contribution in [2.24, 2.45) is 0 Å². The summed E-state index contributed by atoms with van der Waals surface area (Å²) < 4.78 is 34.2. The normalized spacial score (nSPS) is 25.9. The third-order valence-electron chi connectivity index (χ3n) is 12.0. The number of allylic oxidation sites excluding steroid dienone is 19. The monoisotopic (exact) mass is 1030 g/mol. The second-order valence-corrected chi connectivity index (χ2v) is 18.3. The highest BCUT2D eigenvalue weighted by Crippen LogP contribution is 2.26. The maximum absolute atomic E-state index is 13.0. The minimum Gasteiger partial charge on any atom is -0.457 e. The number of rotatable bonds is 41. The van der Waals surface area contributed by atoms with Crippen molar-refractivity contribution in [3.63, 3.8) is 0 Å². The molecule has 2 aliphatic heterocycles. The molecule has 0 aromatic heterocycles. The molecule has 0 aromatic carbocycles. The van der Waals surface area contributed by atoms with Crippen LogP contribution in [-0.2, 0) is 33.2 Å². The fraction of sp³-hybridized carbons (Fsp3) is 0.644. The van der Waals surface area contributed by atoms with Crippen molar-refractivity contribution in [2.75, 3.05) is 33.0 Å². The average molecular weight is 1030 g/mol. The van der Waals surface area contributed by atoms with Crippen molar-refractivity contribution >= 4 is 5.97 Å². The zero-order valence-corrected chi connectivity index (χ0v) is 44.1. The molecule has 2 heterocycles. The topological polar surface area (TPSA) is 214 Å². The van der Waals surface area contributed by atoms with Crippen molar-refractivity contribution in [1.82, 2.24) is 0 Å². The third kappa shape index (κ3) is 31.8. The molecule has 0 saturated carbocycles. The predicted molar refractivity (Wildman–Crippen MR) is 288 cm³/mol. The first-order valence-electron chi connectivity index (χ1n) is 27.1. The Morgan fingerprint density at radius 3 is 1.33 bits per heavy atom. The molecule has 14 heteroatoms. The Hall–Kier alpha value is -3.61. The molecule has 0 amide bonds. The molecule has 0 aromatic rings. The van der Waals surface area contributed by atoms with Crippen LogP contribution < -0.4 is 0 Å². The summed E-state index contributed by atoms with van der Waals surface area (Å²) in [5.74, 6) is -0.418. The van der Waals surface area contributed by atoms with E-state index in [9.17, 15) is 40.5 Å². The third-order valence-corrected chi connectivity index (χ3v) is 12.0. The van der Waals surface area contributed by atoms with Crippen LogP contribution in [0.15, 0.2) is 122 Å². The lowest BCUT2D eigenvalue weighted by molar-refractivity contribution is -0.332. The number of carbonyl (C=O) groups excluding carboxylic acids is 1. The van der Waals surface area contributed by atoms with Gasteiger partial charge in [-0.25, -0.2) is 0 Å². The minimum atomic E-state index is -1.73. The number of carbonyl (C=O) groups is 1. The van der Waals surface area contributed by atoms with Gasteiger partial charge < -0.3 is 64.2 Å². The number of unbranched alkanes of at least 4 members (excludes halogenated alkanes) is 7. The zero-order valence-electron chi connectivity index (χ0n) is 44.1. The van der Waals surface area contributed by atoms with Gasteiger partial charge in [0, 0.05) is 6.42 Å². The molecular weight excluding hydrogens is 933 g/mol. The molecule has 2 saturated heterocycles. The zero-order chi connectivity index (χ0) is 53.0. The van der Waals surface area contributed by atoms with Gasteiger partial charge >= 0.3 is 5.97 Å². The summed E-state index contributed by atoms with van der Waals surface area (Å²) in [5.41, 5.74) is 0. The van der Waals surface area contributed by atoms with Crippen LogP contribution in [0.2, 0.25) is 0 Å². The Kier molecular flexibility index (Phi) is 40.1. The summed E-state index contributed by atoms with van der Waals surface area (Å²) >= 11 is 0. The van der Waals surface area contributed by atoms with E-state index < -0.39 is 86.7 Å². The number of esters is 1. The summed E-state index contributed by atoms with van der Waals surface area (Å²) in [6.07, 6.45) is 45.6. The van der Waals surface area contributed by atoms with E-state index in [-0.39, 0.29) is 19.6 Å². The van der Waals surface area contributed by atoms with E-state index in [1.807, 2.05) is 6.08 Å². The molecule has 414 valence electrons. The molecule has 7 N–H and O–H groups in total. The van der Waals surface area contributed by atoms with Crippen LogP contribution in [0.4, 0.5) is 0 Å². The second kappa shape index (κ2) is 44.7. The number of aliphatic hydroxyl groups excluding tert-OH is 7. The van der Waals surface area contributed by atoms with E-state index in [2.05, 4.69) is 129 Å². The first-order chi connectivity index (χ1) is 35.6. The summed E-state index contributed by atoms with van der Waals surface area (Å²) in [7, 11) is 0. The Bertz CT molecular complexity index is 1660. The lowest BCUT2D eigenvalue weighted by Gasteiger charge is -2.42. The summed E-state index contributed by atoms with van der Waals surface area (Å²) in [4.78, 5) is 13.0. The van der Waals surface area contributed by atoms with E-state index in [0.717, 1.165) is 103 Å². The first-order valence-corrected chi connectivity index (χ1v) is 27.1. The van der Waals surface area contributed by atoms with Crippen molar-refractivity contribution < 1.29 is 69.0 Å². The molecule has 11 unspecified atom stereocenters. The molecule has 2 fully saturated rings. The Morgan fingerprint density at radius 2 is 0.849 bits per heavy atom. The molecule has 0 spiro atoms. The fourth-order valence-electron chi connectivity index (χ4n) is 7.67. The van der Waals surface area contributed by atoms with Gasteiger partial charge in [0.15, 0.2) is 12.6 Å². The standard InChI is InChI=1S/C59H94O14/c1-3-5-7-9-11-13-15-17-19-21-22-23-24-25-26-27-28-30-32-34-36-38-40-42-51(61)71-48(45-68-43-41-39-37-35-33-31-29-20-18-16-14-12-10-8-6-4-2)46-69-58-57(67)55(65)53(63)50(73-58)47-70-59-56(66)54(64)52(62)49(44-60)72-59/h5-8,11-14,17-20,22-23,25-26,31,33,37,39,48-50,52-60,62-67H,3-4,9-10,15-16,21,24,27-30,32,34-36,38,40-47H2,1-2H3/b7-5-,8-6-,13-11-,14-12-,19-17-,20-18-,23-22-,26-25-,33-31-,39-37-. The molecule has 73 heavy (non-hydrogen) atoms. The van der Waals surface area contributed by atoms with Crippen LogP contribution in [-0.4, -0.2) is 142 Å². The molecule has 2 rings (SSSR count).